The average molecular weight is 399 g/mol. The lowest BCUT2D eigenvalue weighted by molar-refractivity contribution is 0.520. The molecule has 0 saturated heterocycles. The Labute approximate surface area is 141 Å². The van der Waals surface area contributed by atoms with Crippen molar-refractivity contribution in [3.05, 3.63) is 38.2 Å². The number of aromatic amines is 1. The van der Waals surface area contributed by atoms with E-state index in [0.29, 0.717) is 34.1 Å². The van der Waals surface area contributed by atoms with Gasteiger partial charge in [-0.05, 0) is 52.0 Å². The first-order valence-electron chi connectivity index (χ1n) is 6.86. The molecule has 1 aliphatic rings. The Bertz CT molecular complexity index is 967. The fraction of sp³-hybridized carbons (Fsp3) is 0.286. The molecule has 9 heteroatoms. The lowest BCUT2D eigenvalue weighted by atomic mass is 9.89. The van der Waals surface area contributed by atoms with Crippen LogP contribution in [0.15, 0.2) is 26.3 Å². The zero-order chi connectivity index (χ0) is 16.9. The van der Waals surface area contributed by atoms with Crippen LogP contribution in [-0.2, 0) is 22.9 Å². The van der Waals surface area contributed by atoms with Gasteiger partial charge < -0.3 is 5.73 Å². The number of fused-ring (bicyclic) bond motifs is 3. The molecular formula is C14H15BrN4O3S. The van der Waals surface area contributed by atoms with Gasteiger partial charge in [0.05, 0.1) is 16.2 Å². The van der Waals surface area contributed by atoms with E-state index in [4.69, 9.17) is 5.73 Å². The number of nitrogens with two attached hydrogens (primary N) is 1. The van der Waals surface area contributed by atoms with E-state index in [-0.39, 0.29) is 16.4 Å². The van der Waals surface area contributed by atoms with Crippen molar-refractivity contribution in [2.24, 2.45) is 0 Å². The van der Waals surface area contributed by atoms with Crippen molar-refractivity contribution in [1.29, 1.82) is 0 Å². The number of hydrogen-bond donors (Lipinski definition) is 2. The topological polar surface area (TPSA) is 109 Å². The summed E-state index contributed by atoms with van der Waals surface area (Å²) < 4.78 is 26.5. The van der Waals surface area contributed by atoms with E-state index >= 15 is 0 Å². The van der Waals surface area contributed by atoms with Crippen LogP contribution in [0, 0.1) is 0 Å². The van der Waals surface area contributed by atoms with Gasteiger partial charge in [0.2, 0.25) is 16.0 Å². The highest BCUT2D eigenvalue weighted by Crippen LogP contribution is 2.36. The third kappa shape index (κ3) is 2.58. The van der Waals surface area contributed by atoms with Gasteiger partial charge in [-0.15, -0.1) is 0 Å². The van der Waals surface area contributed by atoms with Gasteiger partial charge in [-0.2, -0.15) is 0 Å². The number of sulfonamides is 1. The van der Waals surface area contributed by atoms with Crippen LogP contribution in [0.2, 0.25) is 0 Å². The summed E-state index contributed by atoms with van der Waals surface area (Å²) in [6.07, 6.45) is 1.25. The minimum Gasteiger partial charge on any atom is -0.369 e. The van der Waals surface area contributed by atoms with Crippen molar-refractivity contribution < 1.29 is 8.42 Å². The number of nitrogens with one attached hydrogen (secondary N) is 1. The zero-order valence-corrected chi connectivity index (χ0v) is 15.0. The van der Waals surface area contributed by atoms with E-state index in [1.54, 1.807) is 6.07 Å². The van der Waals surface area contributed by atoms with Crippen LogP contribution in [0.25, 0.3) is 11.1 Å². The van der Waals surface area contributed by atoms with Gasteiger partial charge in [0, 0.05) is 18.6 Å². The number of halogens is 1. The van der Waals surface area contributed by atoms with Crippen molar-refractivity contribution >= 4 is 31.9 Å². The fourth-order valence-electron chi connectivity index (χ4n) is 2.68. The van der Waals surface area contributed by atoms with Crippen molar-refractivity contribution in [3.8, 4) is 11.1 Å². The molecule has 0 radical (unpaired) electrons. The van der Waals surface area contributed by atoms with Crippen molar-refractivity contribution in [2.75, 3.05) is 19.8 Å². The highest BCUT2D eigenvalue weighted by Gasteiger charge is 2.27. The molecule has 23 heavy (non-hydrogen) atoms. The molecule has 1 aromatic carbocycles. The van der Waals surface area contributed by atoms with Crippen molar-refractivity contribution in [1.82, 2.24) is 14.3 Å². The third-order valence-electron chi connectivity index (χ3n) is 3.83. The second-order valence-electron chi connectivity index (χ2n) is 5.50. The fourth-order valence-corrected chi connectivity index (χ4v) is 4.65. The summed E-state index contributed by atoms with van der Waals surface area (Å²) in [7, 11) is -0.710. The summed E-state index contributed by atoms with van der Waals surface area (Å²) in [6, 6.07) is 3.28. The summed E-state index contributed by atoms with van der Waals surface area (Å²) in [6.45, 7) is 0. The van der Waals surface area contributed by atoms with Crippen molar-refractivity contribution in [2.45, 2.75) is 17.7 Å². The number of benzene rings is 1. The van der Waals surface area contributed by atoms with Gasteiger partial charge in [-0.1, -0.05) is 0 Å². The van der Waals surface area contributed by atoms with Crippen LogP contribution in [0.4, 0.5) is 5.95 Å². The normalized spacial score (nSPS) is 13.7. The highest BCUT2D eigenvalue weighted by atomic mass is 79.9. The molecule has 1 heterocycles. The molecule has 0 spiro atoms. The van der Waals surface area contributed by atoms with E-state index in [2.05, 4.69) is 25.9 Å². The van der Waals surface area contributed by atoms with E-state index in [9.17, 15) is 13.2 Å². The highest BCUT2D eigenvalue weighted by molar-refractivity contribution is 9.10. The second-order valence-corrected chi connectivity index (χ2v) is 8.47. The van der Waals surface area contributed by atoms with Gasteiger partial charge in [0.15, 0.2) is 0 Å². The molecule has 1 aliphatic carbocycles. The monoisotopic (exact) mass is 398 g/mol. The van der Waals surface area contributed by atoms with E-state index in [0.717, 1.165) is 9.87 Å². The molecule has 0 amide bonds. The molecule has 0 bridgehead atoms. The smallest absolute Gasteiger partial charge is 0.260 e. The maximum atomic E-state index is 12.5. The number of anilines is 1. The Kier molecular flexibility index (Phi) is 3.81. The Morgan fingerprint density at radius 2 is 2.00 bits per heavy atom. The standard InChI is InChI=1S/C14H15BrN4O3S/c1-19(2)23(21,22)11-6-8-7(5-9(11)15)3-4-10-12(8)13(20)18-14(16)17-10/h5-6H,3-4H2,1-2H3,(H3,16,17,18,20). The minimum atomic E-state index is -3.64. The summed E-state index contributed by atoms with van der Waals surface area (Å²) >= 11 is 3.32. The Balaban J connectivity index is 2.33. The molecule has 122 valence electrons. The van der Waals surface area contributed by atoms with Gasteiger partial charge >= 0.3 is 0 Å². The number of H-pyrrole nitrogens is 1. The number of nitrogens with zero attached hydrogens (tertiary/aromatic N) is 2. The quantitative estimate of drug-likeness (QED) is 0.787. The van der Waals surface area contributed by atoms with Crippen LogP contribution in [0.5, 0.6) is 0 Å². The molecule has 0 saturated carbocycles. The third-order valence-corrected chi connectivity index (χ3v) is 6.60. The van der Waals surface area contributed by atoms with Crippen LogP contribution < -0.4 is 11.3 Å². The Hall–Kier alpha value is -1.71. The van der Waals surface area contributed by atoms with Crippen LogP contribution in [0.1, 0.15) is 11.3 Å². The number of rotatable bonds is 2. The zero-order valence-electron chi connectivity index (χ0n) is 12.6. The molecule has 3 rings (SSSR count). The van der Waals surface area contributed by atoms with Crippen molar-refractivity contribution in [3.63, 3.8) is 0 Å². The summed E-state index contributed by atoms with van der Waals surface area (Å²) in [4.78, 5) is 19.0. The van der Waals surface area contributed by atoms with Gasteiger partial charge in [0.1, 0.15) is 0 Å². The van der Waals surface area contributed by atoms with E-state index < -0.39 is 10.0 Å². The molecule has 2 aromatic rings. The van der Waals surface area contributed by atoms with Gasteiger partial charge in [0.25, 0.3) is 5.56 Å². The van der Waals surface area contributed by atoms with Crippen LogP contribution >= 0.6 is 15.9 Å². The van der Waals surface area contributed by atoms with Crippen LogP contribution in [0.3, 0.4) is 0 Å². The molecule has 0 unspecified atom stereocenters. The maximum absolute atomic E-state index is 12.5. The number of hydrogen-bond acceptors (Lipinski definition) is 5. The summed E-state index contributed by atoms with van der Waals surface area (Å²) in [5.74, 6) is 0.0652. The van der Waals surface area contributed by atoms with Gasteiger partial charge in [-0.25, -0.2) is 17.7 Å². The lowest BCUT2D eigenvalue weighted by Gasteiger charge is -2.21. The van der Waals surface area contributed by atoms with E-state index in [1.165, 1.54) is 20.2 Å². The Morgan fingerprint density at radius 1 is 1.30 bits per heavy atom. The molecule has 7 nitrogen and oxygen atoms in total. The first-order chi connectivity index (χ1) is 10.7. The lowest BCUT2D eigenvalue weighted by Crippen LogP contribution is -2.24. The number of aryl methyl sites for hydroxylation is 2. The van der Waals surface area contributed by atoms with E-state index in [1.807, 2.05) is 0 Å². The molecule has 0 aliphatic heterocycles. The minimum absolute atomic E-state index is 0.0652. The number of aromatic nitrogens is 2. The molecule has 1 aromatic heterocycles. The summed E-state index contributed by atoms with van der Waals surface area (Å²) in [5.41, 5.74) is 7.70. The Morgan fingerprint density at radius 3 is 2.65 bits per heavy atom. The first kappa shape index (κ1) is 16.2. The molecule has 0 fully saturated rings. The molecular weight excluding hydrogens is 384 g/mol. The van der Waals surface area contributed by atoms with Gasteiger partial charge in [-0.3, -0.25) is 9.78 Å². The largest absolute Gasteiger partial charge is 0.369 e. The SMILES string of the molecule is CN(C)S(=O)(=O)c1cc2c(cc1Br)CCc1nc(N)[nH]c(=O)c1-2. The predicted molar refractivity (Wildman–Crippen MR) is 90.7 cm³/mol. The second kappa shape index (κ2) is 5.43. The number of nitrogen functional groups attached to an aromatic ring is 1. The molecule has 3 N–H and O–H groups in total. The maximum Gasteiger partial charge on any atom is 0.260 e. The molecule has 0 atom stereocenters. The van der Waals surface area contributed by atoms with Crippen LogP contribution in [-0.4, -0.2) is 36.8 Å². The predicted octanol–water partition coefficient (Wildman–Crippen LogP) is 1.13. The summed E-state index contributed by atoms with van der Waals surface area (Å²) in [5, 5.41) is 0. The first-order valence-corrected chi connectivity index (χ1v) is 9.09. The average Bonchev–Trinajstić information content (AvgIpc) is 2.45.